The van der Waals surface area contributed by atoms with E-state index in [1.165, 1.54) is 11.8 Å². The lowest BCUT2D eigenvalue weighted by molar-refractivity contribution is 0.102. The van der Waals surface area contributed by atoms with Crippen molar-refractivity contribution in [3.63, 3.8) is 0 Å². The highest BCUT2D eigenvalue weighted by atomic mass is 32.2. The standard InChI is InChI=1S/C20H23N5OS/c1-5-11-25-14(3)12-17(15(25)4)18(26)13-27-20-23-22-19(24(20)6-2)16-7-9-21-10-8-16/h5,7-10,12H,1,6,11,13H2,2-4H3. The quantitative estimate of drug-likeness (QED) is 0.336. The molecule has 3 aromatic heterocycles. The number of aryl methyl sites for hydroxylation is 1. The minimum Gasteiger partial charge on any atom is -0.345 e. The van der Waals surface area contributed by atoms with Gasteiger partial charge in [0.05, 0.1) is 5.75 Å². The fourth-order valence-electron chi connectivity index (χ4n) is 3.10. The largest absolute Gasteiger partial charge is 0.345 e. The first-order valence-corrected chi connectivity index (χ1v) is 9.82. The molecule has 0 saturated heterocycles. The Bertz CT molecular complexity index is 958. The molecule has 0 saturated carbocycles. The number of allylic oxidation sites excluding steroid dienone is 1. The van der Waals surface area contributed by atoms with Crippen molar-refractivity contribution in [1.29, 1.82) is 0 Å². The minimum absolute atomic E-state index is 0.0968. The van der Waals surface area contributed by atoms with E-state index in [1.54, 1.807) is 12.4 Å². The van der Waals surface area contributed by atoms with Gasteiger partial charge in [-0.3, -0.25) is 9.78 Å². The van der Waals surface area contributed by atoms with E-state index in [1.807, 2.05) is 49.6 Å². The van der Waals surface area contributed by atoms with Gasteiger partial charge in [0.2, 0.25) is 0 Å². The SMILES string of the molecule is C=CCn1c(C)cc(C(=O)CSc2nnc(-c3ccncc3)n2CC)c1C. The van der Waals surface area contributed by atoms with E-state index in [0.29, 0.717) is 12.3 Å². The van der Waals surface area contributed by atoms with Crippen LogP contribution in [-0.2, 0) is 13.1 Å². The summed E-state index contributed by atoms with van der Waals surface area (Å²) in [6, 6.07) is 5.77. The molecule has 0 aliphatic carbocycles. The Kier molecular flexibility index (Phi) is 5.91. The summed E-state index contributed by atoms with van der Waals surface area (Å²) in [7, 11) is 0. The van der Waals surface area contributed by atoms with Crippen LogP contribution in [0.15, 0.2) is 48.4 Å². The Morgan fingerprint density at radius 3 is 2.63 bits per heavy atom. The number of ketones is 1. The molecule has 0 radical (unpaired) electrons. The van der Waals surface area contributed by atoms with Crippen molar-refractivity contribution in [2.45, 2.75) is 39.0 Å². The number of pyridine rings is 1. The number of carbonyl (C=O) groups excluding carboxylic acids is 1. The van der Waals surface area contributed by atoms with Gasteiger partial charge in [0.25, 0.3) is 0 Å². The van der Waals surface area contributed by atoms with Gasteiger partial charge in [-0.25, -0.2) is 0 Å². The monoisotopic (exact) mass is 381 g/mol. The van der Waals surface area contributed by atoms with Crippen molar-refractivity contribution in [2.24, 2.45) is 0 Å². The molecule has 0 aliphatic heterocycles. The lowest BCUT2D eigenvalue weighted by atomic mass is 10.2. The van der Waals surface area contributed by atoms with E-state index in [0.717, 1.165) is 40.0 Å². The van der Waals surface area contributed by atoms with Crippen LogP contribution in [-0.4, -0.2) is 35.9 Å². The molecule has 6 nitrogen and oxygen atoms in total. The predicted molar refractivity (Wildman–Crippen MR) is 108 cm³/mol. The molecule has 3 aromatic rings. The number of aromatic nitrogens is 5. The zero-order valence-corrected chi connectivity index (χ0v) is 16.7. The van der Waals surface area contributed by atoms with Crippen LogP contribution in [0.2, 0.25) is 0 Å². The number of thioether (sulfide) groups is 1. The Morgan fingerprint density at radius 2 is 1.96 bits per heavy atom. The lowest BCUT2D eigenvalue weighted by Crippen LogP contribution is -2.07. The second-order valence-electron chi connectivity index (χ2n) is 6.18. The predicted octanol–water partition coefficient (Wildman–Crippen LogP) is 3.94. The van der Waals surface area contributed by atoms with E-state index < -0.39 is 0 Å². The summed E-state index contributed by atoms with van der Waals surface area (Å²) in [6.07, 6.45) is 5.31. The molecule has 0 bridgehead atoms. The Hall–Kier alpha value is -2.67. The normalized spacial score (nSPS) is 10.9. The summed E-state index contributed by atoms with van der Waals surface area (Å²) in [6.45, 7) is 11.3. The van der Waals surface area contributed by atoms with Crippen LogP contribution in [0.4, 0.5) is 0 Å². The van der Waals surface area contributed by atoms with Gasteiger partial charge in [0.15, 0.2) is 16.8 Å². The highest BCUT2D eigenvalue weighted by Crippen LogP contribution is 2.25. The van der Waals surface area contributed by atoms with E-state index in [-0.39, 0.29) is 5.78 Å². The summed E-state index contributed by atoms with van der Waals surface area (Å²) < 4.78 is 4.12. The maximum absolute atomic E-state index is 12.8. The van der Waals surface area contributed by atoms with Gasteiger partial charge in [-0.05, 0) is 39.0 Å². The molecule has 3 rings (SSSR count). The maximum Gasteiger partial charge on any atom is 0.191 e. The van der Waals surface area contributed by atoms with Gasteiger partial charge in [0, 0.05) is 48.0 Å². The Balaban J connectivity index is 1.78. The topological polar surface area (TPSA) is 65.6 Å². The zero-order valence-electron chi connectivity index (χ0n) is 15.8. The van der Waals surface area contributed by atoms with Gasteiger partial charge in [-0.1, -0.05) is 17.8 Å². The average molecular weight is 382 g/mol. The molecular formula is C20H23N5OS. The van der Waals surface area contributed by atoms with Gasteiger partial charge < -0.3 is 9.13 Å². The van der Waals surface area contributed by atoms with Crippen LogP contribution >= 0.6 is 11.8 Å². The molecule has 0 aliphatic rings. The van der Waals surface area contributed by atoms with Crippen molar-refractivity contribution in [2.75, 3.05) is 5.75 Å². The van der Waals surface area contributed by atoms with Crippen LogP contribution in [0, 0.1) is 13.8 Å². The fourth-order valence-corrected chi connectivity index (χ4v) is 3.98. The molecule has 140 valence electrons. The third-order valence-corrected chi connectivity index (χ3v) is 5.46. The first-order valence-electron chi connectivity index (χ1n) is 8.84. The molecule has 7 heteroatoms. The van der Waals surface area contributed by atoms with Crippen molar-refractivity contribution in [1.82, 2.24) is 24.3 Å². The van der Waals surface area contributed by atoms with Crippen molar-refractivity contribution in [3.05, 3.63) is 60.2 Å². The molecule has 0 amide bonds. The maximum atomic E-state index is 12.8. The van der Waals surface area contributed by atoms with Gasteiger partial charge >= 0.3 is 0 Å². The summed E-state index contributed by atoms with van der Waals surface area (Å²) in [5.74, 6) is 1.21. The van der Waals surface area contributed by atoms with Crippen LogP contribution in [0.1, 0.15) is 28.7 Å². The summed E-state index contributed by atoms with van der Waals surface area (Å²) in [4.78, 5) is 16.8. The zero-order chi connectivity index (χ0) is 19.4. The molecule has 27 heavy (non-hydrogen) atoms. The first kappa shape index (κ1) is 19.1. The lowest BCUT2D eigenvalue weighted by Gasteiger charge is -2.07. The third kappa shape index (κ3) is 3.88. The number of hydrogen-bond acceptors (Lipinski definition) is 5. The highest BCUT2D eigenvalue weighted by Gasteiger charge is 2.18. The number of hydrogen-bond donors (Lipinski definition) is 0. The number of rotatable bonds is 8. The highest BCUT2D eigenvalue weighted by molar-refractivity contribution is 7.99. The Morgan fingerprint density at radius 1 is 1.22 bits per heavy atom. The molecule has 3 heterocycles. The van der Waals surface area contributed by atoms with E-state index in [2.05, 4.69) is 26.3 Å². The molecule has 0 aromatic carbocycles. The molecular weight excluding hydrogens is 358 g/mol. The van der Waals surface area contributed by atoms with Gasteiger partial charge in [-0.2, -0.15) is 0 Å². The van der Waals surface area contributed by atoms with E-state index in [9.17, 15) is 4.79 Å². The van der Waals surface area contributed by atoms with Gasteiger partial charge in [0.1, 0.15) is 0 Å². The smallest absolute Gasteiger partial charge is 0.191 e. The number of Topliss-reactive ketones (excluding diaryl/α,β-unsaturated/α-hetero) is 1. The van der Waals surface area contributed by atoms with E-state index >= 15 is 0 Å². The van der Waals surface area contributed by atoms with Crippen LogP contribution < -0.4 is 0 Å². The number of carbonyl (C=O) groups is 1. The van der Waals surface area contributed by atoms with Crippen LogP contribution in [0.25, 0.3) is 11.4 Å². The molecule has 0 atom stereocenters. The third-order valence-electron chi connectivity index (χ3n) is 4.49. The molecule has 0 fully saturated rings. The second-order valence-corrected chi connectivity index (χ2v) is 7.12. The van der Waals surface area contributed by atoms with Crippen molar-refractivity contribution < 1.29 is 4.79 Å². The summed E-state index contributed by atoms with van der Waals surface area (Å²) in [5, 5.41) is 9.34. The summed E-state index contributed by atoms with van der Waals surface area (Å²) >= 11 is 1.42. The minimum atomic E-state index is 0.0968. The number of nitrogens with zero attached hydrogens (tertiary/aromatic N) is 5. The van der Waals surface area contributed by atoms with Crippen molar-refractivity contribution >= 4 is 17.5 Å². The van der Waals surface area contributed by atoms with Crippen LogP contribution in [0.5, 0.6) is 0 Å². The molecule has 0 spiro atoms. The van der Waals surface area contributed by atoms with Crippen molar-refractivity contribution in [3.8, 4) is 11.4 Å². The average Bonchev–Trinajstić information content (AvgIpc) is 3.22. The molecule has 0 unspecified atom stereocenters. The second kappa shape index (κ2) is 8.35. The fraction of sp³-hybridized carbons (Fsp3) is 0.300. The first-order chi connectivity index (χ1) is 13.1. The summed E-state index contributed by atoms with van der Waals surface area (Å²) in [5.41, 5.74) is 3.77. The molecule has 0 N–H and O–H groups in total. The van der Waals surface area contributed by atoms with Crippen LogP contribution in [0.3, 0.4) is 0 Å². The Labute approximate surface area is 163 Å². The van der Waals surface area contributed by atoms with Gasteiger partial charge in [-0.15, -0.1) is 16.8 Å². The van der Waals surface area contributed by atoms with E-state index in [4.69, 9.17) is 0 Å².